The number of nitriles is 1. The molecule has 4 rings (SSSR count). The van der Waals surface area contributed by atoms with Crippen LogP contribution in [0.1, 0.15) is 22.6 Å². The van der Waals surface area contributed by atoms with Crippen LogP contribution in [0, 0.1) is 21.4 Å². The summed E-state index contributed by atoms with van der Waals surface area (Å²) in [6, 6.07) is 20.2. The van der Waals surface area contributed by atoms with Gasteiger partial charge in [-0.1, -0.05) is 30.3 Å². The van der Waals surface area contributed by atoms with Gasteiger partial charge in [-0.05, 0) is 29.3 Å². The first-order valence-electron chi connectivity index (χ1n) is 9.33. The van der Waals surface area contributed by atoms with Crippen LogP contribution in [0.15, 0.2) is 78.2 Å². The van der Waals surface area contributed by atoms with E-state index in [-0.39, 0.29) is 29.5 Å². The number of rotatable bonds is 5. The number of nitro groups is 1. The van der Waals surface area contributed by atoms with Gasteiger partial charge in [0.1, 0.15) is 35.5 Å². The Hall–Kier alpha value is -4.51. The predicted octanol–water partition coefficient (Wildman–Crippen LogP) is 4.10. The van der Waals surface area contributed by atoms with Crippen LogP contribution in [0.25, 0.3) is 0 Å². The van der Waals surface area contributed by atoms with Crippen molar-refractivity contribution >= 4 is 5.69 Å². The van der Waals surface area contributed by atoms with Crippen molar-refractivity contribution in [2.24, 2.45) is 5.73 Å². The maximum Gasteiger partial charge on any atom is 0.269 e. The molecule has 0 bridgehead atoms. The summed E-state index contributed by atoms with van der Waals surface area (Å²) < 4.78 is 11.3. The number of nitrogens with zero attached hydrogens (tertiary/aromatic N) is 2. The van der Waals surface area contributed by atoms with Crippen LogP contribution in [0.4, 0.5) is 5.69 Å². The second kappa shape index (κ2) is 8.08. The highest BCUT2D eigenvalue weighted by Gasteiger charge is 2.30. The Morgan fingerprint density at radius 3 is 2.65 bits per heavy atom. The second-order valence-corrected chi connectivity index (χ2v) is 6.93. The minimum atomic E-state index is -0.449. The SMILES string of the molecule is N#CC1=C(N)Oc2cc(O)ccc2[C@@H]1c1ccc(OCc2cccc([N+](=O)[O-])c2)cc1. The molecule has 0 spiro atoms. The summed E-state index contributed by atoms with van der Waals surface area (Å²) in [7, 11) is 0. The Morgan fingerprint density at radius 1 is 1.16 bits per heavy atom. The van der Waals surface area contributed by atoms with Crippen LogP contribution in [0.2, 0.25) is 0 Å². The van der Waals surface area contributed by atoms with Crippen molar-refractivity contribution in [2.45, 2.75) is 12.5 Å². The number of phenols is 1. The minimum absolute atomic E-state index is 0.00315. The summed E-state index contributed by atoms with van der Waals surface area (Å²) in [5.74, 6) is 0.559. The van der Waals surface area contributed by atoms with Crippen molar-refractivity contribution in [3.8, 4) is 23.3 Å². The van der Waals surface area contributed by atoms with Gasteiger partial charge in [0.05, 0.1) is 10.8 Å². The summed E-state index contributed by atoms with van der Waals surface area (Å²) in [4.78, 5) is 10.5. The molecular weight excluding hydrogens is 398 g/mol. The topological polar surface area (TPSA) is 132 Å². The maximum atomic E-state index is 10.9. The Morgan fingerprint density at radius 2 is 1.94 bits per heavy atom. The lowest BCUT2D eigenvalue weighted by Crippen LogP contribution is -2.20. The van der Waals surface area contributed by atoms with E-state index >= 15 is 0 Å². The Labute approximate surface area is 177 Å². The number of nitro benzene ring substituents is 1. The van der Waals surface area contributed by atoms with E-state index in [2.05, 4.69) is 6.07 Å². The van der Waals surface area contributed by atoms with Crippen LogP contribution < -0.4 is 15.2 Å². The van der Waals surface area contributed by atoms with Gasteiger partial charge in [-0.2, -0.15) is 5.26 Å². The molecule has 0 amide bonds. The quantitative estimate of drug-likeness (QED) is 0.474. The molecule has 0 fully saturated rings. The van der Waals surface area contributed by atoms with E-state index in [1.807, 2.05) is 12.1 Å². The predicted molar refractivity (Wildman–Crippen MR) is 111 cm³/mol. The van der Waals surface area contributed by atoms with Crippen molar-refractivity contribution in [2.75, 3.05) is 0 Å². The molecule has 3 aromatic carbocycles. The van der Waals surface area contributed by atoms with E-state index in [4.69, 9.17) is 15.2 Å². The molecule has 8 heteroatoms. The van der Waals surface area contributed by atoms with Crippen molar-refractivity contribution in [1.29, 1.82) is 5.26 Å². The summed E-state index contributed by atoms with van der Waals surface area (Å²) in [6.07, 6.45) is 0. The molecule has 1 aliphatic heterocycles. The average molecular weight is 415 g/mol. The minimum Gasteiger partial charge on any atom is -0.508 e. The van der Waals surface area contributed by atoms with E-state index in [0.29, 0.717) is 22.6 Å². The summed E-state index contributed by atoms with van der Waals surface area (Å²) in [6.45, 7) is 0.177. The number of nitrogens with two attached hydrogens (primary N) is 1. The van der Waals surface area contributed by atoms with E-state index in [9.17, 15) is 20.5 Å². The second-order valence-electron chi connectivity index (χ2n) is 6.93. The molecule has 0 saturated carbocycles. The number of hydrogen-bond acceptors (Lipinski definition) is 7. The van der Waals surface area contributed by atoms with Gasteiger partial charge >= 0.3 is 0 Å². The molecule has 0 radical (unpaired) electrons. The van der Waals surface area contributed by atoms with Crippen molar-refractivity contribution in [3.05, 3.63) is 105 Å². The zero-order valence-corrected chi connectivity index (χ0v) is 16.2. The average Bonchev–Trinajstić information content (AvgIpc) is 2.77. The molecule has 1 atom stereocenters. The molecule has 31 heavy (non-hydrogen) atoms. The fourth-order valence-corrected chi connectivity index (χ4v) is 3.47. The number of ether oxygens (including phenoxy) is 2. The third kappa shape index (κ3) is 3.97. The van der Waals surface area contributed by atoms with Crippen LogP contribution >= 0.6 is 0 Å². The highest BCUT2D eigenvalue weighted by Crippen LogP contribution is 2.43. The number of aromatic hydroxyl groups is 1. The number of fused-ring (bicyclic) bond motifs is 1. The lowest BCUT2D eigenvalue weighted by molar-refractivity contribution is -0.384. The van der Waals surface area contributed by atoms with Crippen molar-refractivity contribution in [3.63, 3.8) is 0 Å². The van der Waals surface area contributed by atoms with Gasteiger partial charge in [-0.3, -0.25) is 10.1 Å². The Bertz CT molecular complexity index is 1230. The smallest absolute Gasteiger partial charge is 0.269 e. The van der Waals surface area contributed by atoms with Gasteiger partial charge < -0.3 is 20.3 Å². The van der Waals surface area contributed by atoms with E-state index in [1.54, 1.807) is 30.3 Å². The monoisotopic (exact) mass is 415 g/mol. The lowest BCUT2D eigenvalue weighted by Gasteiger charge is -2.26. The standard InChI is InChI=1S/C23H17N3O5/c24-12-20-22(19-9-6-17(27)11-21(19)31-23(20)25)15-4-7-18(8-5-15)30-13-14-2-1-3-16(10-14)26(28)29/h1-11,22,27H,13,25H2/t22-/m0/s1. The molecule has 0 aromatic heterocycles. The molecule has 3 aromatic rings. The third-order valence-corrected chi connectivity index (χ3v) is 4.94. The van der Waals surface area contributed by atoms with E-state index in [0.717, 1.165) is 5.56 Å². The molecule has 0 aliphatic carbocycles. The molecule has 1 aliphatic rings. The van der Waals surface area contributed by atoms with Gasteiger partial charge in [-0.25, -0.2) is 0 Å². The molecule has 8 nitrogen and oxygen atoms in total. The maximum absolute atomic E-state index is 10.9. The number of non-ortho nitro benzene ring substituents is 1. The molecule has 0 unspecified atom stereocenters. The first-order chi connectivity index (χ1) is 15.0. The fraction of sp³-hybridized carbons (Fsp3) is 0.0870. The number of phenolic OH excluding ortho intramolecular Hbond substituents is 1. The van der Waals surface area contributed by atoms with Gasteiger partial charge in [0, 0.05) is 23.8 Å². The van der Waals surface area contributed by atoms with Crippen molar-refractivity contribution < 1.29 is 19.5 Å². The zero-order chi connectivity index (χ0) is 22.0. The molecule has 154 valence electrons. The fourth-order valence-electron chi connectivity index (χ4n) is 3.47. The van der Waals surface area contributed by atoms with Crippen molar-refractivity contribution in [1.82, 2.24) is 0 Å². The Balaban J connectivity index is 1.57. The summed E-state index contributed by atoms with van der Waals surface area (Å²) >= 11 is 0. The first-order valence-corrected chi connectivity index (χ1v) is 9.33. The largest absolute Gasteiger partial charge is 0.508 e. The Kier molecular flexibility index (Phi) is 5.16. The molecule has 1 heterocycles. The van der Waals surface area contributed by atoms with Crippen LogP contribution in [0.5, 0.6) is 17.2 Å². The molecule has 0 saturated heterocycles. The summed E-state index contributed by atoms with van der Waals surface area (Å²) in [5, 5.41) is 30.2. The van der Waals surface area contributed by atoms with Crippen LogP contribution in [0.3, 0.4) is 0 Å². The zero-order valence-electron chi connectivity index (χ0n) is 16.2. The summed E-state index contributed by atoms with van der Waals surface area (Å²) in [5.41, 5.74) is 8.43. The number of benzene rings is 3. The third-order valence-electron chi connectivity index (χ3n) is 4.94. The van der Waals surface area contributed by atoms with Gasteiger partial charge in [0.15, 0.2) is 0 Å². The normalized spacial score (nSPS) is 14.9. The molecular formula is C23H17N3O5. The first kappa shape index (κ1) is 19.8. The van der Waals surface area contributed by atoms with Gasteiger partial charge in [0.2, 0.25) is 5.88 Å². The number of hydrogen-bond donors (Lipinski definition) is 2. The van der Waals surface area contributed by atoms with E-state index < -0.39 is 10.8 Å². The van der Waals surface area contributed by atoms with Crippen LogP contribution in [-0.4, -0.2) is 10.0 Å². The van der Waals surface area contributed by atoms with Gasteiger partial charge in [-0.15, -0.1) is 0 Å². The highest BCUT2D eigenvalue weighted by atomic mass is 16.6. The van der Waals surface area contributed by atoms with Gasteiger partial charge in [0.25, 0.3) is 5.69 Å². The van der Waals surface area contributed by atoms with E-state index in [1.165, 1.54) is 24.3 Å². The van der Waals surface area contributed by atoms with Crippen LogP contribution in [-0.2, 0) is 6.61 Å². The highest BCUT2D eigenvalue weighted by molar-refractivity contribution is 5.57. The lowest BCUT2D eigenvalue weighted by atomic mass is 9.83. The molecule has 3 N–H and O–H groups in total. The number of allylic oxidation sites excluding steroid dienone is 1.